The minimum atomic E-state index is 0.261. The second-order valence-corrected chi connectivity index (χ2v) is 8.33. The van der Waals surface area contributed by atoms with E-state index >= 15 is 0 Å². The van der Waals surface area contributed by atoms with Crippen molar-refractivity contribution in [3.63, 3.8) is 0 Å². The first kappa shape index (κ1) is 4.66. The molecule has 2 fully saturated rings. The van der Waals surface area contributed by atoms with Crippen molar-refractivity contribution in [3.8, 4) is 0 Å². The summed E-state index contributed by atoms with van der Waals surface area (Å²) in [5.74, 6) is 0. The molecule has 2 aliphatic rings. The molecular formula is C6H10Sn. The van der Waals surface area contributed by atoms with Crippen molar-refractivity contribution in [1.82, 2.24) is 0 Å². The number of fused-ring (bicyclic) bond motifs is 2. The van der Waals surface area contributed by atoms with Crippen LogP contribution in [-0.2, 0) is 0 Å². The summed E-state index contributed by atoms with van der Waals surface area (Å²) < 4.78 is 2.68. The van der Waals surface area contributed by atoms with Gasteiger partial charge in [-0.1, -0.05) is 0 Å². The molecule has 7 heavy (non-hydrogen) atoms. The summed E-state index contributed by atoms with van der Waals surface area (Å²) >= 11 is 0.261. The van der Waals surface area contributed by atoms with Crippen molar-refractivity contribution >= 4 is 21.1 Å². The van der Waals surface area contributed by atoms with Crippen LogP contribution in [0.25, 0.3) is 0 Å². The molecule has 0 spiro atoms. The Balaban J connectivity index is 2.12. The van der Waals surface area contributed by atoms with E-state index in [4.69, 9.17) is 0 Å². The van der Waals surface area contributed by atoms with Crippen LogP contribution in [0.1, 0.15) is 25.7 Å². The zero-order chi connectivity index (χ0) is 4.69. The van der Waals surface area contributed by atoms with Crippen LogP contribution in [0.2, 0.25) is 7.87 Å². The Labute approximate surface area is 54.9 Å². The van der Waals surface area contributed by atoms with Crippen LogP contribution in [0.4, 0.5) is 0 Å². The fraction of sp³-hybridized carbons (Fsp3) is 1.00. The average molecular weight is 201 g/mol. The van der Waals surface area contributed by atoms with Gasteiger partial charge in [0.1, 0.15) is 0 Å². The molecule has 0 nitrogen and oxygen atoms in total. The summed E-state index contributed by atoms with van der Waals surface area (Å²) in [6, 6.07) is 0. The van der Waals surface area contributed by atoms with Gasteiger partial charge in [-0.25, -0.2) is 0 Å². The second-order valence-electron chi connectivity index (χ2n) is 2.72. The predicted molar refractivity (Wildman–Crippen MR) is 31.7 cm³/mol. The maximum atomic E-state index is 1.64. The fourth-order valence-electron chi connectivity index (χ4n) is 1.76. The topological polar surface area (TPSA) is 0 Å². The van der Waals surface area contributed by atoms with Crippen LogP contribution in [0.15, 0.2) is 0 Å². The molecule has 0 N–H and O–H groups in total. The fourth-order valence-corrected chi connectivity index (χ4v) is 7.47. The molecule has 0 aliphatic carbocycles. The van der Waals surface area contributed by atoms with E-state index in [0.717, 1.165) is 0 Å². The summed E-state index contributed by atoms with van der Waals surface area (Å²) in [6.45, 7) is 0. The monoisotopic (exact) mass is 202 g/mol. The molecular weight excluding hydrogens is 191 g/mol. The van der Waals surface area contributed by atoms with Crippen molar-refractivity contribution < 1.29 is 0 Å². The van der Waals surface area contributed by atoms with Crippen molar-refractivity contribution in [2.75, 3.05) is 0 Å². The molecule has 2 heterocycles. The number of hydrogen-bond acceptors (Lipinski definition) is 0. The zero-order valence-corrected chi connectivity index (χ0v) is 7.34. The Hall–Kier alpha value is 0.799. The summed E-state index contributed by atoms with van der Waals surface area (Å²) in [4.78, 5) is 0. The van der Waals surface area contributed by atoms with Crippen molar-refractivity contribution in [3.05, 3.63) is 0 Å². The van der Waals surface area contributed by atoms with E-state index in [0.29, 0.717) is 0 Å². The van der Waals surface area contributed by atoms with Gasteiger partial charge in [-0.15, -0.1) is 0 Å². The quantitative estimate of drug-likeness (QED) is 0.524. The minimum absolute atomic E-state index is 0.261. The standard InChI is InChI=1S/C6H10.Sn/c1-2-4-6-5-3-1;/h1,6H,2-5H2;. The van der Waals surface area contributed by atoms with Gasteiger partial charge in [0.15, 0.2) is 0 Å². The van der Waals surface area contributed by atoms with Gasteiger partial charge < -0.3 is 0 Å². The predicted octanol–water partition coefficient (Wildman–Crippen LogP) is 1.86. The third kappa shape index (κ3) is 0.715. The Morgan fingerprint density at radius 3 is 1.43 bits per heavy atom. The van der Waals surface area contributed by atoms with Gasteiger partial charge in [0.2, 0.25) is 0 Å². The SMILES string of the molecule is C1C[CH]2CC[CH]1[Sn]2. The molecule has 38 valence electrons. The molecule has 2 rings (SSSR count). The van der Waals surface area contributed by atoms with E-state index in [1.54, 1.807) is 25.7 Å². The second kappa shape index (κ2) is 1.64. The van der Waals surface area contributed by atoms with E-state index in [1.807, 2.05) is 0 Å². The molecule has 0 atom stereocenters. The van der Waals surface area contributed by atoms with Gasteiger partial charge in [0.25, 0.3) is 0 Å². The summed E-state index contributed by atoms with van der Waals surface area (Å²) in [6.07, 6.45) is 6.54. The summed E-state index contributed by atoms with van der Waals surface area (Å²) in [7, 11) is 0. The van der Waals surface area contributed by atoms with Crippen molar-refractivity contribution in [2.45, 2.75) is 33.6 Å². The maximum absolute atomic E-state index is 1.64. The molecule has 0 unspecified atom stereocenters. The first-order valence-electron chi connectivity index (χ1n) is 3.21. The molecule has 0 aromatic rings. The van der Waals surface area contributed by atoms with E-state index < -0.39 is 0 Å². The van der Waals surface area contributed by atoms with Crippen LogP contribution < -0.4 is 0 Å². The van der Waals surface area contributed by atoms with Gasteiger partial charge in [-0.05, 0) is 0 Å². The first-order valence-corrected chi connectivity index (χ1v) is 6.51. The Morgan fingerprint density at radius 1 is 0.857 bits per heavy atom. The normalized spacial score (nSPS) is 48.0. The number of rotatable bonds is 0. The van der Waals surface area contributed by atoms with Gasteiger partial charge in [0.05, 0.1) is 0 Å². The summed E-state index contributed by atoms with van der Waals surface area (Å²) in [5, 5.41) is 0. The molecule has 0 aromatic heterocycles. The van der Waals surface area contributed by atoms with Crippen LogP contribution in [0, 0.1) is 0 Å². The molecule has 2 bridgehead atoms. The molecule has 2 saturated heterocycles. The third-order valence-corrected chi connectivity index (χ3v) is 8.19. The zero-order valence-electron chi connectivity index (χ0n) is 4.48. The average Bonchev–Trinajstić information content (AvgIpc) is 2.22. The van der Waals surface area contributed by atoms with Crippen LogP contribution in [0.5, 0.6) is 0 Å². The molecule has 0 saturated carbocycles. The van der Waals surface area contributed by atoms with Crippen molar-refractivity contribution in [1.29, 1.82) is 0 Å². The molecule has 2 aliphatic heterocycles. The van der Waals surface area contributed by atoms with Crippen LogP contribution in [-0.4, -0.2) is 21.1 Å². The first-order chi connectivity index (χ1) is 3.45. The molecule has 0 aromatic carbocycles. The molecule has 0 amide bonds. The molecule has 1 heteroatoms. The Kier molecular flexibility index (Phi) is 1.09. The van der Waals surface area contributed by atoms with E-state index in [2.05, 4.69) is 0 Å². The van der Waals surface area contributed by atoms with Gasteiger partial charge in [-0.2, -0.15) is 0 Å². The van der Waals surface area contributed by atoms with Gasteiger partial charge >= 0.3 is 54.7 Å². The van der Waals surface area contributed by atoms with Crippen LogP contribution >= 0.6 is 0 Å². The summed E-state index contributed by atoms with van der Waals surface area (Å²) in [5.41, 5.74) is 0. The van der Waals surface area contributed by atoms with Crippen LogP contribution in [0.3, 0.4) is 0 Å². The Bertz CT molecular complexity index is 62.2. The third-order valence-electron chi connectivity index (χ3n) is 2.20. The number of hydrogen-bond donors (Lipinski definition) is 0. The van der Waals surface area contributed by atoms with Gasteiger partial charge in [0, 0.05) is 0 Å². The van der Waals surface area contributed by atoms with E-state index in [1.165, 1.54) is 7.87 Å². The van der Waals surface area contributed by atoms with E-state index in [-0.39, 0.29) is 21.1 Å². The van der Waals surface area contributed by atoms with E-state index in [9.17, 15) is 0 Å². The van der Waals surface area contributed by atoms with Crippen molar-refractivity contribution in [2.24, 2.45) is 0 Å². The molecule has 2 radical (unpaired) electrons. The Morgan fingerprint density at radius 2 is 1.29 bits per heavy atom. The van der Waals surface area contributed by atoms with Gasteiger partial charge in [-0.3, -0.25) is 0 Å².